The fourth-order valence-electron chi connectivity index (χ4n) is 3.10. The van der Waals surface area contributed by atoms with Crippen LogP contribution in [0.25, 0.3) is 0 Å². The zero-order valence-corrected chi connectivity index (χ0v) is 19.7. The van der Waals surface area contributed by atoms with Gasteiger partial charge in [0, 0.05) is 37.2 Å². The molecule has 0 unspecified atom stereocenters. The van der Waals surface area contributed by atoms with E-state index in [9.17, 15) is 35.5 Å². The maximum absolute atomic E-state index is 12.9. The van der Waals surface area contributed by atoms with Crippen LogP contribution in [0, 0.1) is 5.82 Å². The Labute approximate surface area is 214 Å². The molecule has 18 heteroatoms. The van der Waals surface area contributed by atoms with Gasteiger partial charge in [-0.15, -0.1) is 0 Å². The number of rotatable bonds is 4. The highest BCUT2D eigenvalue weighted by Crippen LogP contribution is 2.26. The highest BCUT2D eigenvalue weighted by Gasteiger charge is 2.39. The van der Waals surface area contributed by atoms with Gasteiger partial charge in [0.25, 0.3) is 0 Å². The van der Waals surface area contributed by atoms with Crippen LogP contribution in [0.15, 0.2) is 36.8 Å². The molecule has 39 heavy (non-hydrogen) atoms. The van der Waals surface area contributed by atoms with Gasteiger partial charge in [-0.2, -0.15) is 36.5 Å². The quantitative estimate of drug-likeness (QED) is 0.458. The van der Waals surface area contributed by atoms with E-state index < -0.39 is 30.1 Å². The Morgan fingerprint density at radius 1 is 1.00 bits per heavy atom. The Balaban J connectivity index is 0.000000317. The Morgan fingerprint density at radius 3 is 2.05 bits per heavy atom. The van der Waals surface area contributed by atoms with Crippen molar-refractivity contribution in [3.8, 4) is 0 Å². The zero-order chi connectivity index (χ0) is 29.5. The van der Waals surface area contributed by atoms with Crippen molar-refractivity contribution in [3.05, 3.63) is 65.3 Å². The lowest BCUT2D eigenvalue weighted by Gasteiger charge is -2.16. The lowest BCUT2D eigenvalue weighted by Crippen LogP contribution is -2.28. The van der Waals surface area contributed by atoms with Gasteiger partial charge in [-0.05, 0) is 18.2 Å². The number of aryl methyl sites for hydroxylation is 1. The molecule has 3 aromatic heterocycles. The Bertz CT molecular complexity index is 1260. The minimum Gasteiger partial charge on any atom is -0.475 e. The van der Waals surface area contributed by atoms with Crippen molar-refractivity contribution in [1.29, 1.82) is 0 Å². The summed E-state index contributed by atoms with van der Waals surface area (Å²) in [5, 5.41) is 23.0. The summed E-state index contributed by atoms with van der Waals surface area (Å²) >= 11 is 0. The van der Waals surface area contributed by atoms with Crippen molar-refractivity contribution in [2.24, 2.45) is 7.05 Å². The second kappa shape index (κ2) is 12.4. The Kier molecular flexibility index (Phi) is 9.73. The van der Waals surface area contributed by atoms with Crippen molar-refractivity contribution in [3.63, 3.8) is 0 Å². The summed E-state index contributed by atoms with van der Waals surface area (Å²) in [6.45, 7) is 1.63. The molecule has 0 spiro atoms. The smallest absolute Gasteiger partial charge is 0.475 e. The lowest BCUT2D eigenvalue weighted by atomic mass is 10.2. The summed E-state index contributed by atoms with van der Waals surface area (Å²) in [6.07, 6.45) is -5.25. The number of pyridine rings is 1. The van der Waals surface area contributed by atoms with Crippen LogP contribution >= 0.6 is 0 Å². The summed E-state index contributed by atoms with van der Waals surface area (Å²) < 4.78 is 80.1. The SMILES string of the molecule is Cn1nc(Cn2cccn2)c2c1CN(C(=O)Cc1ccc(F)cn1)C2.O=C(O)C(F)(F)F.O=C(O)C(F)(F)F. The van der Waals surface area contributed by atoms with Crippen molar-refractivity contribution >= 4 is 17.8 Å². The van der Waals surface area contributed by atoms with Crippen LogP contribution in [-0.4, -0.2) is 69.9 Å². The largest absolute Gasteiger partial charge is 0.490 e. The molecule has 0 aromatic carbocycles. The molecule has 0 radical (unpaired) electrons. The predicted octanol–water partition coefficient (Wildman–Crippen LogP) is 2.55. The predicted molar refractivity (Wildman–Crippen MR) is 114 cm³/mol. The molecular weight excluding hydrogens is 549 g/mol. The molecular formula is C21H19F7N6O5. The molecule has 0 aliphatic carbocycles. The molecule has 1 aliphatic rings. The standard InChI is InChI=1S/C17H17FN6O.2C2HF3O2/c1-22-16-11-23(17(25)7-13-4-3-12(18)8-19-13)9-14(16)15(21-22)10-24-6-2-5-20-24;2*3-2(4,5)1(6)7/h2-6,8H,7,9-11H2,1H3;2*(H,6,7). The molecule has 0 saturated carbocycles. The fraction of sp³-hybridized carbons (Fsp3) is 0.333. The average Bonchev–Trinajstić information content (AvgIpc) is 3.55. The monoisotopic (exact) mass is 568 g/mol. The van der Waals surface area contributed by atoms with E-state index in [0.29, 0.717) is 25.3 Å². The molecule has 11 nitrogen and oxygen atoms in total. The number of amides is 1. The van der Waals surface area contributed by atoms with E-state index in [0.717, 1.165) is 23.1 Å². The Hall–Kier alpha value is -4.51. The van der Waals surface area contributed by atoms with Crippen molar-refractivity contribution in [1.82, 2.24) is 29.4 Å². The van der Waals surface area contributed by atoms with Crippen LogP contribution in [0.3, 0.4) is 0 Å². The number of halogens is 7. The van der Waals surface area contributed by atoms with E-state index in [-0.39, 0.29) is 12.3 Å². The molecule has 0 atom stereocenters. The number of aliphatic carboxylic acids is 2. The van der Waals surface area contributed by atoms with Crippen LogP contribution < -0.4 is 0 Å². The molecule has 0 fully saturated rings. The summed E-state index contributed by atoms with van der Waals surface area (Å²) in [7, 11) is 1.89. The average molecular weight is 568 g/mol. The number of carbonyl (C=O) groups is 3. The first-order valence-corrected chi connectivity index (χ1v) is 10.5. The molecule has 1 aliphatic heterocycles. The topological polar surface area (TPSA) is 143 Å². The first kappa shape index (κ1) is 30.7. The van der Waals surface area contributed by atoms with Crippen LogP contribution in [0.2, 0.25) is 0 Å². The van der Waals surface area contributed by atoms with Crippen LogP contribution in [-0.2, 0) is 47.5 Å². The Morgan fingerprint density at radius 2 is 1.59 bits per heavy atom. The summed E-state index contributed by atoms with van der Waals surface area (Å²) in [5.74, 6) is -5.94. The van der Waals surface area contributed by atoms with Crippen molar-refractivity contribution in [2.45, 2.75) is 38.4 Å². The first-order chi connectivity index (χ1) is 18.0. The van der Waals surface area contributed by atoms with Gasteiger partial charge in [0.2, 0.25) is 5.91 Å². The molecule has 0 bridgehead atoms. The van der Waals surface area contributed by atoms with E-state index in [1.807, 2.05) is 28.7 Å². The van der Waals surface area contributed by atoms with Gasteiger partial charge < -0.3 is 15.1 Å². The van der Waals surface area contributed by atoms with Gasteiger partial charge in [-0.1, -0.05) is 0 Å². The van der Waals surface area contributed by atoms with Gasteiger partial charge in [-0.25, -0.2) is 14.0 Å². The minimum absolute atomic E-state index is 0.0275. The van der Waals surface area contributed by atoms with Gasteiger partial charge in [0.15, 0.2) is 0 Å². The zero-order valence-electron chi connectivity index (χ0n) is 19.7. The number of aromatic nitrogens is 5. The number of carboxylic acids is 2. The number of nitrogens with zero attached hydrogens (tertiary/aromatic N) is 6. The second-order valence-corrected chi connectivity index (χ2v) is 7.70. The molecule has 2 N–H and O–H groups in total. The van der Waals surface area contributed by atoms with Crippen LogP contribution in [0.1, 0.15) is 22.6 Å². The van der Waals surface area contributed by atoms with Crippen LogP contribution in [0.5, 0.6) is 0 Å². The third-order valence-electron chi connectivity index (χ3n) is 4.88. The molecule has 3 aromatic rings. The number of fused-ring (bicyclic) bond motifs is 1. The number of hydrogen-bond donors (Lipinski definition) is 2. The van der Waals surface area contributed by atoms with E-state index >= 15 is 0 Å². The molecule has 0 saturated heterocycles. The molecule has 1 amide bonds. The number of carboxylic acid groups (broad SMARTS) is 2. The number of carbonyl (C=O) groups excluding carboxylic acids is 1. The number of hydrogen-bond acceptors (Lipinski definition) is 6. The van der Waals surface area contributed by atoms with Gasteiger partial charge in [0.05, 0.1) is 37.1 Å². The van der Waals surface area contributed by atoms with Gasteiger partial charge in [0.1, 0.15) is 5.82 Å². The normalized spacial score (nSPS) is 12.6. The highest BCUT2D eigenvalue weighted by molar-refractivity contribution is 5.79. The second-order valence-electron chi connectivity index (χ2n) is 7.70. The fourth-order valence-corrected chi connectivity index (χ4v) is 3.10. The maximum Gasteiger partial charge on any atom is 0.490 e. The lowest BCUT2D eigenvalue weighted by molar-refractivity contribution is -0.193. The highest BCUT2D eigenvalue weighted by atomic mass is 19.4. The van der Waals surface area contributed by atoms with Crippen molar-refractivity contribution in [2.75, 3.05) is 0 Å². The summed E-state index contributed by atoms with van der Waals surface area (Å²) in [6, 6.07) is 4.73. The van der Waals surface area contributed by atoms with E-state index in [2.05, 4.69) is 15.2 Å². The maximum atomic E-state index is 12.9. The third kappa shape index (κ3) is 9.08. The summed E-state index contributed by atoms with van der Waals surface area (Å²) in [4.78, 5) is 36.1. The van der Waals surface area contributed by atoms with Crippen LogP contribution in [0.4, 0.5) is 30.7 Å². The van der Waals surface area contributed by atoms with Gasteiger partial charge in [-0.3, -0.25) is 19.1 Å². The minimum atomic E-state index is -5.08. The van der Waals surface area contributed by atoms with E-state index in [1.165, 1.54) is 6.07 Å². The molecule has 4 heterocycles. The number of alkyl halides is 6. The van der Waals surface area contributed by atoms with E-state index in [1.54, 1.807) is 17.2 Å². The summed E-state index contributed by atoms with van der Waals surface area (Å²) in [5.41, 5.74) is 3.62. The van der Waals surface area contributed by atoms with E-state index in [4.69, 9.17) is 19.8 Å². The van der Waals surface area contributed by atoms with Crippen molar-refractivity contribution < 1.29 is 55.3 Å². The molecule has 4 rings (SSSR count). The first-order valence-electron chi connectivity index (χ1n) is 10.5. The molecule has 212 valence electrons. The third-order valence-corrected chi connectivity index (χ3v) is 4.88. The van der Waals surface area contributed by atoms with Gasteiger partial charge >= 0.3 is 24.3 Å².